The zero-order chi connectivity index (χ0) is 27.1. The number of pyridine rings is 1. The molecule has 2 aromatic carbocycles. The van der Waals surface area contributed by atoms with E-state index in [1.165, 1.54) is 29.2 Å². The van der Waals surface area contributed by atoms with E-state index in [1.54, 1.807) is 0 Å². The van der Waals surface area contributed by atoms with E-state index >= 15 is 0 Å². The van der Waals surface area contributed by atoms with E-state index in [-0.39, 0.29) is 18.4 Å². The van der Waals surface area contributed by atoms with Crippen molar-refractivity contribution in [2.75, 3.05) is 12.3 Å². The van der Waals surface area contributed by atoms with Gasteiger partial charge in [-0.05, 0) is 36.3 Å². The fourth-order valence-electron chi connectivity index (χ4n) is 5.27. The van der Waals surface area contributed by atoms with E-state index < -0.39 is 10.9 Å². The summed E-state index contributed by atoms with van der Waals surface area (Å²) < 4.78 is 6.48. The zero-order valence-corrected chi connectivity index (χ0v) is 24.6. The predicted molar refractivity (Wildman–Crippen MR) is 163 cm³/mol. The minimum absolute atomic E-state index is 0.0419. The monoisotopic (exact) mass is 532 g/mol. The molecule has 1 N–H and O–H groups in total. The lowest BCUT2D eigenvalue weighted by Crippen LogP contribution is -2.14. The molecule has 1 atom stereocenters. The summed E-state index contributed by atoms with van der Waals surface area (Å²) in [6.07, 6.45) is 4.68. The largest absolute Gasteiger partial charge is 0.488 e. The van der Waals surface area contributed by atoms with Gasteiger partial charge in [-0.3, -0.25) is 9.98 Å². The Labute approximate surface area is 231 Å². The minimum Gasteiger partial charge on any atom is -0.488 e. The number of aliphatic hydroxyl groups is 1. The van der Waals surface area contributed by atoms with Crippen LogP contribution in [0, 0.1) is 0 Å². The van der Waals surface area contributed by atoms with Crippen LogP contribution in [-0.2, 0) is 13.2 Å². The van der Waals surface area contributed by atoms with Crippen molar-refractivity contribution in [3.8, 4) is 16.9 Å². The number of benzene rings is 2. The number of rotatable bonds is 12. The molecule has 204 valence electrons. The molecule has 0 saturated carbocycles. The molecule has 0 saturated heterocycles. The van der Waals surface area contributed by atoms with Crippen LogP contribution in [0.1, 0.15) is 94.7 Å². The first kappa shape index (κ1) is 28.4. The Kier molecular flexibility index (Phi) is 10.0. The number of aromatic nitrogens is 1. The van der Waals surface area contributed by atoms with Gasteiger partial charge in [0.2, 0.25) is 0 Å². The summed E-state index contributed by atoms with van der Waals surface area (Å²) in [5, 5.41) is 12.2. The molecule has 0 radical (unpaired) electrons. The lowest BCUT2D eigenvalue weighted by atomic mass is 9.91. The maximum Gasteiger partial charge on any atom is 0.127 e. The highest BCUT2D eigenvalue weighted by Crippen LogP contribution is 2.53. The number of ether oxygens (including phenoxy) is 1. The van der Waals surface area contributed by atoms with Crippen molar-refractivity contribution in [1.82, 2.24) is 4.98 Å². The molecule has 0 fully saturated rings. The lowest BCUT2D eigenvalue weighted by molar-refractivity contribution is 0.279. The number of hydrogen-bond donors (Lipinski definition) is 2. The molecule has 3 aromatic rings. The molecule has 0 amide bonds. The van der Waals surface area contributed by atoms with Crippen LogP contribution < -0.4 is 4.74 Å². The maximum atomic E-state index is 10.8. The summed E-state index contributed by atoms with van der Waals surface area (Å²) in [6.45, 7) is 12.4. The SMILES string of the molecule is CCCCCC1=NCC[SH]1c1c(C(C)C)nc(C(C)C)c(CO)c1-c1ccccc1OCc1ccccc1. The molecule has 4 rings (SSSR count). The molecule has 1 aliphatic heterocycles. The third kappa shape index (κ3) is 6.32. The predicted octanol–water partition coefficient (Wildman–Crippen LogP) is 8.42. The first-order valence-corrected chi connectivity index (χ1v) is 15.7. The van der Waals surface area contributed by atoms with E-state index in [1.807, 2.05) is 24.3 Å². The number of aliphatic hydroxyl groups excluding tert-OH is 1. The van der Waals surface area contributed by atoms with Gasteiger partial charge in [0.15, 0.2) is 0 Å². The Hall–Kier alpha value is -2.63. The summed E-state index contributed by atoms with van der Waals surface area (Å²) in [5.41, 5.74) is 6.42. The number of nitrogens with zero attached hydrogens (tertiary/aromatic N) is 2. The number of thiol groups is 1. The first-order valence-electron chi connectivity index (χ1n) is 14.2. The van der Waals surface area contributed by atoms with Crippen LogP contribution in [0.5, 0.6) is 5.75 Å². The molecule has 1 aliphatic rings. The Morgan fingerprint density at radius 2 is 1.63 bits per heavy atom. The van der Waals surface area contributed by atoms with E-state index in [4.69, 9.17) is 14.7 Å². The van der Waals surface area contributed by atoms with Crippen molar-refractivity contribution in [2.45, 2.75) is 90.2 Å². The molecule has 0 bridgehead atoms. The van der Waals surface area contributed by atoms with Crippen LogP contribution in [0.2, 0.25) is 0 Å². The van der Waals surface area contributed by atoms with Gasteiger partial charge in [-0.25, -0.2) is 0 Å². The van der Waals surface area contributed by atoms with Crippen molar-refractivity contribution < 1.29 is 9.84 Å². The highest BCUT2D eigenvalue weighted by atomic mass is 32.2. The van der Waals surface area contributed by atoms with E-state index in [9.17, 15) is 5.11 Å². The summed E-state index contributed by atoms with van der Waals surface area (Å²) >= 11 is 0. The first-order chi connectivity index (χ1) is 18.5. The van der Waals surface area contributed by atoms with Crippen molar-refractivity contribution in [1.29, 1.82) is 0 Å². The smallest absolute Gasteiger partial charge is 0.127 e. The second-order valence-electron chi connectivity index (χ2n) is 10.7. The molecule has 0 spiro atoms. The second kappa shape index (κ2) is 13.4. The second-order valence-corrected chi connectivity index (χ2v) is 13.0. The van der Waals surface area contributed by atoms with Crippen LogP contribution >= 0.6 is 10.9 Å². The summed E-state index contributed by atoms with van der Waals surface area (Å²) in [7, 11) is -0.616. The van der Waals surface area contributed by atoms with Gasteiger partial charge in [0.05, 0.1) is 17.3 Å². The lowest BCUT2D eigenvalue weighted by Gasteiger charge is -2.30. The molecule has 0 aliphatic carbocycles. The van der Waals surface area contributed by atoms with E-state index in [0.29, 0.717) is 6.61 Å². The molecule has 2 heterocycles. The van der Waals surface area contributed by atoms with Gasteiger partial charge in [0.25, 0.3) is 0 Å². The Morgan fingerprint density at radius 3 is 2.32 bits per heavy atom. The highest BCUT2D eigenvalue weighted by Gasteiger charge is 2.31. The topological polar surface area (TPSA) is 54.7 Å². The molecule has 1 unspecified atom stereocenters. The number of para-hydroxylation sites is 1. The van der Waals surface area contributed by atoms with Gasteiger partial charge < -0.3 is 9.84 Å². The third-order valence-electron chi connectivity index (χ3n) is 7.18. The molecular formula is C33H44N2O2S. The van der Waals surface area contributed by atoms with Gasteiger partial charge in [-0.1, -0.05) is 96.0 Å². The average Bonchev–Trinajstić information content (AvgIpc) is 3.39. The van der Waals surface area contributed by atoms with Gasteiger partial charge in [0.1, 0.15) is 12.4 Å². The van der Waals surface area contributed by atoms with Gasteiger partial charge in [-0.2, -0.15) is 10.9 Å². The Bertz CT molecular complexity index is 1240. The molecule has 5 heteroatoms. The normalized spacial score (nSPS) is 16.3. The third-order valence-corrected chi connectivity index (χ3v) is 9.81. The standard InChI is InChI=1S/C33H44N2O2S/c1-6-7-9-18-29-34-19-20-38(29)33-30(27(21-36)31(23(2)3)35-32(33)24(4)5)26-16-12-13-17-28(26)37-22-25-14-10-8-11-15-25/h8,10-17,23-24,36,38H,6-7,9,18-22H2,1-5H3. The van der Waals surface area contributed by atoms with Crippen LogP contribution in [0.25, 0.3) is 11.1 Å². The van der Waals surface area contributed by atoms with Crippen LogP contribution in [0.15, 0.2) is 64.5 Å². The van der Waals surface area contributed by atoms with E-state index in [0.717, 1.165) is 58.1 Å². The van der Waals surface area contributed by atoms with Crippen LogP contribution in [-0.4, -0.2) is 27.4 Å². The fraction of sp³-hybridized carbons (Fsp3) is 0.455. The average molecular weight is 533 g/mol. The zero-order valence-electron chi connectivity index (χ0n) is 23.7. The van der Waals surface area contributed by atoms with Crippen LogP contribution in [0.4, 0.5) is 0 Å². The highest BCUT2D eigenvalue weighted by molar-refractivity contribution is 8.30. The molecule has 4 nitrogen and oxygen atoms in total. The molecular weight excluding hydrogens is 488 g/mol. The van der Waals surface area contributed by atoms with Crippen molar-refractivity contribution in [3.05, 3.63) is 77.1 Å². The maximum absolute atomic E-state index is 10.8. The van der Waals surface area contributed by atoms with Crippen molar-refractivity contribution >= 4 is 15.9 Å². The minimum atomic E-state index is -0.616. The Morgan fingerprint density at radius 1 is 0.921 bits per heavy atom. The van der Waals surface area contributed by atoms with Gasteiger partial charge in [-0.15, -0.1) is 0 Å². The summed E-state index contributed by atoms with van der Waals surface area (Å²) in [6, 6.07) is 18.6. The van der Waals surface area contributed by atoms with E-state index in [2.05, 4.69) is 65.0 Å². The molecule has 1 aromatic heterocycles. The van der Waals surface area contributed by atoms with Gasteiger partial charge in [0, 0.05) is 39.6 Å². The fourth-order valence-corrected chi connectivity index (χ4v) is 8.12. The van der Waals surface area contributed by atoms with Crippen molar-refractivity contribution in [3.63, 3.8) is 0 Å². The van der Waals surface area contributed by atoms with Gasteiger partial charge >= 0.3 is 0 Å². The summed E-state index contributed by atoms with van der Waals surface area (Å²) in [4.78, 5) is 11.6. The number of hydrogen-bond acceptors (Lipinski definition) is 4. The number of aliphatic imine (C=N–C) groups is 1. The quantitative estimate of drug-likeness (QED) is 0.182. The van der Waals surface area contributed by atoms with Crippen LogP contribution in [0.3, 0.4) is 0 Å². The molecule has 38 heavy (non-hydrogen) atoms. The summed E-state index contributed by atoms with van der Waals surface area (Å²) in [5.74, 6) is 2.38. The Balaban J connectivity index is 1.91. The number of unbranched alkanes of at least 4 members (excludes halogenated alkanes) is 2. The van der Waals surface area contributed by atoms with Crippen molar-refractivity contribution in [2.24, 2.45) is 4.99 Å².